The van der Waals surface area contributed by atoms with Crippen molar-refractivity contribution in [1.82, 2.24) is 19.1 Å². The SMILES string of the molecule is CCC(C)c1cccc2nc(-c3ccc(-c4ccccc4-c4ccccc4-c4ccc(-n5c6ccccc6c6cc(-c7cc(-c8ccc9oc(-c%10ccc(-c%11ccccc%11-c%11ccccc%11-c%11ccc(-n%12c%13ccccc%13c%13ccccc%13%12)cc%11)cc%10)nc9c8)ccc7C)ccc65)cc4)cc3)oc12. The number of nitrogens with zero attached hydrogens (tertiary/aromatic N) is 4. The molecule has 1 atom stereocenters. The highest BCUT2D eigenvalue weighted by molar-refractivity contribution is 6.11. The van der Waals surface area contributed by atoms with Crippen LogP contribution in [0.3, 0.4) is 0 Å². The van der Waals surface area contributed by atoms with Gasteiger partial charge in [0.25, 0.3) is 0 Å². The number of aryl methyl sites for hydroxylation is 1. The molecule has 103 heavy (non-hydrogen) atoms. The second-order valence-corrected chi connectivity index (χ2v) is 27.1. The Labute approximate surface area is 597 Å². The molecule has 15 aromatic carbocycles. The Morgan fingerprint density at radius 3 is 1.17 bits per heavy atom. The summed E-state index contributed by atoms with van der Waals surface area (Å²) in [7, 11) is 0. The third-order valence-corrected chi connectivity index (χ3v) is 21.2. The van der Waals surface area contributed by atoms with Crippen molar-refractivity contribution in [1.29, 1.82) is 0 Å². The molecule has 0 fully saturated rings. The van der Waals surface area contributed by atoms with Crippen molar-refractivity contribution < 1.29 is 8.83 Å². The van der Waals surface area contributed by atoms with E-state index in [0.29, 0.717) is 17.7 Å². The zero-order chi connectivity index (χ0) is 68.7. The van der Waals surface area contributed by atoms with Gasteiger partial charge in [-0.2, -0.15) is 0 Å². The average molecular weight is 1320 g/mol. The molecule has 1 unspecified atom stereocenters. The minimum absolute atomic E-state index is 0.388. The normalized spacial score (nSPS) is 12.0. The van der Waals surface area contributed by atoms with Crippen molar-refractivity contribution in [3.05, 3.63) is 351 Å². The van der Waals surface area contributed by atoms with Crippen molar-refractivity contribution in [3.63, 3.8) is 0 Å². The van der Waals surface area contributed by atoms with Crippen LogP contribution < -0.4 is 0 Å². The number of oxazole rings is 2. The second kappa shape index (κ2) is 25.2. The Morgan fingerprint density at radius 2 is 0.670 bits per heavy atom. The maximum absolute atomic E-state index is 6.52. The van der Waals surface area contributed by atoms with Gasteiger partial charge >= 0.3 is 0 Å². The summed E-state index contributed by atoms with van der Waals surface area (Å²) >= 11 is 0. The molecule has 19 rings (SSSR count). The van der Waals surface area contributed by atoms with Crippen LogP contribution in [0.25, 0.3) is 189 Å². The van der Waals surface area contributed by atoms with E-state index in [2.05, 4.69) is 364 Å². The first kappa shape index (κ1) is 61.0. The number of para-hydroxylation sites is 4. The number of hydrogen-bond donors (Lipinski definition) is 0. The number of benzene rings is 15. The van der Waals surface area contributed by atoms with Gasteiger partial charge in [0.05, 0.1) is 22.1 Å². The fraction of sp³-hybridized carbons (Fsp3) is 0.0515. The van der Waals surface area contributed by atoms with E-state index in [-0.39, 0.29) is 0 Å². The largest absolute Gasteiger partial charge is 0.436 e. The number of hydrogen-bond acceptors (Lipinski definition) is 4. The van der Waals surface area contributed by atoms with E-state index in [1.807, 2.05) is 6.07 Å². The van der Waals surface area contributed by atoms with E-state index in [0.717, 1.165) is 107 Å². The van der Waals surface area contributed by atoms with Crippen LogP contribution >= 0.6 is 0 Å². The average Bonchev–Trinajstić information content (AvgIpc) is 1.61. The highest BCUT2D eigenvalue weighted by Gasteiger charge is 2.22. The second-order valence-electron chi connectivity index (χ2n) is 27.1. The molecule has 0 aliphatic rings. The van der Waals surface area contributed by atoms with Gasteiger partial charge in [0.2, 0.25) is 11.8 Å². The molecule has 0 amide bonds. The van der Waals surface area contributed by atoms with Crippen LogP contribution in [-0.4, -0.2) is 19.1 Å². The molecule has 4 aromatic heterocycles. The molecule has 488 valence electrons. The van der Waals surface area contributed by atoms with E-state index < -0.39 is 0 Å². The van der Waals surface area contributed by atoms with Crippen LogP contribution in [-0.2, 0) is 0 Å². The third kappa shape index (κ3) is 10.6. The molecular weight excluding hydrogens is 1250 g/mol. The lowest BCUT2D eigenvalue weighted by molar-refractivity contribution is 0.606. The molecule has 0 aliphatic carbocycles. The van der Waals surface area contributed by atoms with Gasteiger partial charge in [0, 0.05) is 44.0 Å². The first-order chi connectivity index (χ1) is 50.8. The van der Waals surface area contributed by atoms with Crippen molar-refractivity contribution in [2.75, 3.05) is 0 Å². The maximum Gasteiger partial charge on any atom is 0.227 e. The maximum atomic E-state index is 6.52. The fourth-order valence-electron chi connectivity index (χ4n) is 15.7. The molecule has 0 N–H and O–H groups in total. The van der Waals surface area contributed by atoms with Crippen molar-refractivity contribution in [2.24, 2.45) is 0 Å². The van der Waals surface area contributed by atoms with Crippen LogP contribution in [0.1, 0.15) is 37.3 Å². The van der Waals surface area contributed by atoms with Gasteiger partial charge in [-0.1, -0.05) is 250 Å². The molecule has 0 bridgehead atoms. The van der Waals surface area contributed by atoms with Crippen LogP contribution in [0, 0.1) is 6.92 Å². The molecule has 0 aliphatic heterocycles. The molecular formula is C97H68N4O2. The van der Waals surface area contributed by atoms with Crippen LogP contribution in [0.4, 0.5) is 0 Å². The van der Waals surface area contributed by atoms with Crippen molar-refractivity contribution in [2.45, 2.75) is 33.1 Å². The van der Waals surface area contributed by atoms with Gasteiger partial charge in [0.1, 0.15) is 11.0 Å². The minimum Gasteiger partial charge on any atom is -0.436 e. The molecule has 0 saturated heterocycles. The monoisotopic (exact) mass is 1320 g/mol. The zero-order valence-corrected chi connectivity index (χ0v) is 57.2. The first-order valence-electron chi connectivity index (χ1n) is 35.6. The highest BCUT2D eigenvalue weighted by Crippen LogP contribution is 2.45. The number of rotatable bonds is 14. The Balaban J connectivity index is 0.576. The summed E-state index contributed by atoms with van der Waals surface area (Å²) in [5.41, 5.74) is 33.0. The van der Waals surface area contributed by atoms with Crippen molar-refractivity contribution in [3.8, 4) is 123 Å². The van der Waals surface area contributed by atoms with E-state index in [1.54, 1.807) is 0 Å². The molecule has 19 aromatic rings. The van der Waals surface area contributed by atoms with Crippen LogP contribution in [0.15, 0.2) is 349 Å². The smallest absolute Gasteiger partial charge is 0.227 e. The van der Waals surface area contributed by atoms with Gasteiger partial charge in [-0.15, -0.1) is 0 Å². The topological polar surface area (TPSA) is 61.9 Å². The molecule has 4 heterocycles. The van der Waals surface area contributed by atoms with E-state index in [4.69, 9.17) is 18.8 Å². The Kier molecular flexibility index (Phi) is 14.9. The Bertz CT molecular complexity index is 6430. The highest BCUT2D eigenvalue weighted by atomic mass is 16.4. The van der Waals surface area contributed by atoms with Gasteiger partial charge in [0.15, 0.2) is 11.2 Å². The lowest BCUT2D eigenvalue weighted by atomic mass is 9.89. The molecule has 0 saturated carbocycles. The van der Waals surface area contributed by atoms with E-state index in [1.165, 1.54) is 88.2 Å². The predicted molar refractivity (Wildman–Crippen MR) is 428 cm³/mol. The third-order valence-electron chi connectivity index (χ3n) is 21.2. The summed E-state index contributed by atoms with van der Waals surface area (Å²) in [5.74, 6) is 1.62. The van der Waals surface area contributed by atoms with Gasteiger partial charge in [-0.25, -0.2) is 9.97 Å². The standard InChI is InChI=1S/C97H68N4O2/c1-4-61(2)74-31-19-32-88-95(74)103-97(98-88)68-44-40-64(41-45-68)76-21-6-10-25-80(76)82-27-12-8-23-78(82)66-48-54-73(55-49-66)101-92-35-18-15-30-85(92)87-59-71(50-56-93(87)101)86-58-69(37-36-62(86)3)70-51-57-94-89(60-70)99-96(102-94)67-42-38-63(39-43-67)75-20-5-9-24-79(75)81-26-11-7-22-77(81)65-46-52-72(53-47-65)100-90-33-16-13-28-83(90)84-29-14-17-34-91(84)100/h5-61H,4H2,1-3H3. The summed E-state index contributed by atoms with van der Waals surface area (Å²) in [4.78, 5) is 10.0. The lowest BCUT2D eigenvalue weighted by Crippen LogP contribution is -1.94. The lowest BCUT2D eigenvalue weighted by Gasteiger charge is -2.16. The predicted octanol–water partition coefficient (Wildman–Crippen LogP) is 26.7. The summed E-state index contributed by atoms with van der Waals surface area (Å²) in [6.07, 6.45) is 1.04. The Morgan fingerprint density at radius 1 is 0.291 bits per heavy atom. The summed E-state index contributed by atoms with van der Waals surface area (Å²) < 4.78 is 17.8. The van der Waals surface area contributed by atoms with Gasteiger partial charge in [-0.05, 0) is 223 Å². The van der Waals surface area contributed by atoms with Gasteiger partial charge in [-0.3, -0.25) is 0 Å². The Hall–Kier alpha value is -13.2. The molecule has 0 spiro atoms. The number of fused-ring (bicyclic) bond motifs is 8. The summed E-state index contributed by atoms with van der Waals surface area (Å²) in [6.45, 7) is 6.66. The van der Waals surface area contributed by atoms with Crippen LogP contribution in [0.5, 0.6) is 0 Å². The summed E-state index contributed by atoms with van der Waals surface area (Å²) in [5, 5.41) is 4.93. The zero-order valence-electron chi connectivity index (χ0n) is 57.2. The van der Waals surface area contributed by atoms with Crippen LogP contribution in [0.2, 0.25) is 0 Å². The van der Waals surface area contributed by atoms with Gasteiger partial charge < -0.3 is 18.0 Å². The molecule has 0 radical (unpaired) electrons. The molecule has 6 nitrogen and oxygen atoms in total. The first-order valence-corrected chi connectivity index (χ1v) is 35.6. The van der Waals surface area contributed by atoms with Crippen molar-refractivity contribution >= 4 is 65.8 Å². The van der Waals surface area contributed by atoms with E-state index in [9.17, 15) is 0 Å². The number of aromatic nitrogens is 4. The molecule has 6 heteroatoms. The summed E-state index contributed by atoms with van der Waals surface area (Å²) in [6, 6.07) is 123. The fourth-order valence-corrected chi connectivity index (χ4v) is 15.7. The van der Waals surface area contributed by atoms with E-state index >= 15 is 0 Å². The minimum atomic E-state index is 0.388. The quantitative estimate of drug-likeness (QED) is 0.109.